The highest BCUT2D eigenvalue weighted by molar-refractivity contribution is 7.40. The molecule has 0 aromatic carbocycles. The number of methoxy groups -OCH3 is 1. The Hall–Kier alpha value is 1.02. The normalized spacial score (nSPS) is 17.9. The molecule has 0 bridgehead atoms. The van der Waals surface area contributed by atoms with Crippen LogP contribution in [0, 0.1) is 0 Å². The number of ether oxygens (including phenoxy) is 1. The molecule has 0 N–H and O–H groups in total. The molecule has 0 saturated heterocycles. The monoisotopic (exact) mass is 240 g/mol. The van der Waals surface area contributed by atoms with Crippen LogP contribution in [0.3, 0.4) is 0 Å². The third-order valence-electron chi connectivity index (χ3n) is 0.948. The zero-order valence-corrected chi connectivity index (χ0v) is 9.20. The summed E-state index contributed by atoms with van der Waals surface area (Å²) in [7, 11) is 0.124. The highest BCUT2D eigenvalue weighted by Crippen LogP contribution is 2.44. The second-order valence-corrected chi connectivity index (χ2v) is 5.62. The molecule has 0 spiro atoms. The van der Waals surface area contributed by atoms with Gasteiger partial charge in [-0.05, 0) is 0 Å². The molecule has 0 radical (unpaired) electrons. The third-order valence-corrected chi connectivity index (χ3v) is 3.59. The lowest BCUT2D eigenvalue weighted by atomic mass is 10.8. The van der Waals surface area contributed by atoms with Crippen LogP contribution in [-0.2, 0) is 13.8 Å². The molecule has 0 heterocycles. The molecular weight excluding hydrogens is 233 g/mol. The van der Waals surface area contributed by atoms with Crippen molar-refractivity contribution in [2.45, 2.75) is 9.64 Å². The van der Waals surface area contributed by atoms with Crippen LogP contribution in [0.1, 0.15) is 0 Å². The molecule has 0 aliphatic carbocycles. The van der Waals surface area contributed by atoms with Crippen LogP contribution >= 0.6 is 42.8 Å². The first-order valence-corrected chi connectivity index (χ1v) is 5.13. The number of rotatable bonds is 3. The highest BCUT2D eigenvalue weighted by Gasteiger charge is 2.37. The molecule has 68 valence electrons. The van der Waals surface area contributed by atoms with Crippen molar-refractivity contribution in [2.75, 3.05) is 14.2 Å². The standard InChI is InChI=1S/C4H8Cl3O3P/c1-9-3(4(5,6)7)11(8)10-2/h3,11H,1-2H3. The maximum atomic E-state index is 11.0. The first-order chi connectivity index (χ1) is 4.93. The van der Waals surface area contributed by atoms with E-state index in [2.05, 4.69) is 9.26 Å². The first kappa shape index (κ1) is 12.0. The fraction of sp³-hybridized carbons (Fsp3) is 1.00. The van der Waals surface area contributed by atoms with Crippen molar-refractivity contribution in [3.8, 4) is 0 Å². The van der Waals surface area contributed by atoms with E-state index >= 15 is 0 Å². The van der Waals surface area contributed by atoms with Crippen molar-refractivity contribution in [2.24, 2.45) is 0 Å². The Balaban J connectivity index is 4.29. The van der Waals surface area contributed by atoms with Gasteiger partial charge in [0.15, 0.2) is 5.85 Å². The number of hydrogen-bond acceptors (Lipinski definition) is 3. The molecule has 0 aromatic heterocycles. The summed E-state index contributed by atoms with van der Waals surface area (Å²) in [4.78, 5) is 0. The van der Waals surface area contributed by atoms with Crippen molar-refractivity contribution in [1.29, 1.82) is 0 Å². The van der Waals surface area contributed by atoms with Crippen LogP contribution < -0.4 is 0 Å². The Morgan fingerprint density at radius 2 is 1.82 bits per heavy atom. The number of halogens is 3. The van der Waals surface area contributed by atoms with E-state index in [0.29, 0.717) is 0 Å². The molecule has 0 amide bonds. The fourth-order valence-corrected chi connectivity index (χ4v) is 2.21. The van der Waals surface area contributed by atoms with Gasteiger partial charge >= 0.3 is 0 Å². The number of alkyl halides is 3. The zero-order valence-electron chi connectivity index (χ0n) is 5.94. The summed E-state index contributed by atoms with van der Waals surface area (Å²) >= 11 is 16.3. The molecule has 2 unspecified atom stereocenters. The van der Waals surface area contributed by atoms with Crippen LogP contribution in [0.5, 0.6) is 0 Å². The van der Waals surface area contributed by atoms with Gasteiger partial charge in [-0.1, -0.05) is 34.8 Å². The van der Waals surface area contributed by atoms with Crippen molar-refractivity contribution >= 4 is 42.8 Å². The van der Waals surface area contributed by atoms with Crippen LogP contribution in [-0.4, -0.2) is 23.9 Å². The molecule has 0 saturated carbocycles. The summed E-state index contributed by atoms with van der Waals surface area (Å²) in [5.74, 6) is -0.998. The van der Waals surface area contributed by atoms with Crippen LogP contribution in [0.2, 0.25) is 0 Å². The Morgan fingerprint density at radius 3 is 1.91 bits per heavy atom. The quantitative estimate of drug-likeness (QED) is 0.562. The Kier molecular flexibility index (Phi) is 5.36. The third kappa shape index (κ3) is 3.97. The maximum absolute atomic E-state index is 11.0. The van der Waals surface area contributed by atoms with Gasteiger partial charge in [-0.25, -0.2) is 0 Å². The molecule has 11 heavy (non-hydrogen) atoms. The lowest BCUT2D eigenvalue weighted by Gasteiger charge is -2.20. The Bertz CT molecular complexity index is 146. The molecule has 0 fully saturated rings. The number of hydrogen-bond donors (Lipinski definition) is 0. The molecule has 0 aliphatic heterocycles. The summed E-state index contributed by atoms with van der Waals surface area (Å²) in [6.45, 7) is 0. The first-order valence-electron chi connectivity index (χ1n) is 2.60. The SMILES string of the molecule is COC([PH](=O)OC)C(Cl)(Cl)Cl. The molecule has 2 atom stereocenters. The van der Waals surface area contributed by atoms with Gasteiger partial charge in [0.1, 0.15) is 0 Å². The second kappa shape index (κ2) is 4.90. The summed E-state index contributed by atoms with van der Waals surface area (Å²) in [5, 5.41) is 0. The average molecular weight is 241 g/mol. The van der Waals surface area contributed by atoms with Crippen molar-refractivity contribution < 1.29 is 13.8 Å². The van der Waals surface area contributed by atoms with Gasteiger partial charge in [0.25, 0.3) is 0 Å². The minimum Gasteiger partial charge on any atom is -0.367 e. The Labute approximate surface area is 80.8 Å². The van der Waals surface area contributed by atoms with Crippen molar-refractivity contribution in [3.05, 3.63) is 0 Å². The van der Waals surface area contributed by atoms with Gasteiger partial charge in [0.2, 0.25) is 11.8 Å². The summed E-state index contributed by atoms with van der Waals surface area (Å²) < 4.78 is 18.4. The van der Waals surface area contributed by atoms with E-state index in [9.17, 15) is 4.57 Å². The van der Waals surface area contributed by atoms with Gasteiger partial charge in [-0.2, -0.15) is 0 Å². The van der Waals surface area contributed by atoms with Crippen molar-refractivity contribution in [3.63, 3.8) is 0 Å². The van der Waals surface area contributed by atoms with Crippen LogP contribution in [0.25, 0.3) is 0 Å². The molecule has 7 heteroatoms. The molecule has 0 aliphatic rings. The van der Waals surface area contributed by atoms with Gasteiger partial charge in [0.05, 0.1) is 0 Å². The van der Waals surface area contributed by atoms with Crippen LogP contribution in [0.15, 0.2) is 0 Å². The van der Waals surface area contributed by atoms with Crippen molar-refractivity contribution in [1.82, 2.24) is 0 Å². The smallest absolute Gasteiger partial charge is 0.225 e. The molecule has 3 nitrogen and oxygen atoms in total. The van der Waals surface area contributed by atoms with E-state index in [-0.39, 0.29) is 0 Å². The van der Waals surface area contributed by atoms with E-state index in [0.717, 1.165) is 0 Å². The summed E-state index contributed by atoms with van der Waals surface area (Å²) in [6.07, 6.45) is 0. The minimum absolute atomic E-state index is 0.998. The van der Waals surface area contributed by atoms with E-state index < -0.39 is 17.7 Å². The van der Waals surface area contributed by atoms with E-state index in [1.54, 1.807) is 0 Å². The molecular formula is C4H8Cl3O3P. The molecule has 0 rings (SSSR count). The fourth-order valence-electron chi connectivity index (χ4n) is 0.471. The van der Waals surface area contributed by atoms with Gasteiger partial charge < -0.3 is 9.26 Å². The topological polar surface area (TPSA) is 35.5 Å². The Morgan fingerprint density at radius 1 is 1.36 bits per heavy atom. The minimum atomic E-state index is -2.44. The second-order valence-electron chi connectivity index (χ2n) is 1.68. The predicted octanol–water partition coefficient (Wildman–Crippen LogP) is 2.45. The molecule has 0 aromatic rings. The van der Waals surface area contributed by atoms with Gasteiger partial charge in [0, 0.05) is 14.2 Å². The lowest BCUT2D eigenvalue weighted by molar-refractivity contribution is 0.156. The van der Waals surface area contributed by atoms with E-state index in [1.807, 2.05) is 0 Å². The highest BCUT2D eigenvalue weighted by atomic mass is 35.6. The summed E-state index contributed by atoms with van der Waals surface area (Å²) in [6, 6.07) is 0. The predicted molar refractivity (Wildman–Crippen MR) is 47.1 cm³/mol. The van der Waals surface area contributed by atoms with Crippen LogP contribution in [0.4, 0.5) is 0 Å². The average Bonchev–Trinajstić information content (AvgIpc) is 1.86. The lowest BCUT2D eigenvalue weighted by Crippen LogP contribution is -2.24. The van der Waals surface area contributed by atoms with Gasteiger partial charge in [-0.15, -0.1) is 0 Å². The zero-order chi connectivity index (χ0) is 9.07. The van der Waals surface area contributed by atoms with E-state index in [4.69, 9.17) is 34.8 Å². The maximum Gasteiger partial charge on any atom is 0.225 e. The summed E-state index contributed by atoms with van der Waals surface area (Å²) in [5.41, 5.74) is 0. The van der Waals surface area contributed by atoms with Gasteiger partial charge in [-0.3, -0.25) is 4.57 Å². The largest absolute Gasteiger partial charge is 0.367 e. The van der Waals surface area contributed by atoms with E-state index in [1.165, 1.54) is 14.2 Å².